The molecule has 1 aliphatic rings. The van der Waals surface area contributed by atoms with E-state index in [9.17, 15) is 9.90 Å². The summed E-state index contributed by atoms with van der Waals surface area (Å²) in [6.45, 7) is 2.69. The summed E-state index contributed by atoms with van der Waals surface area (Å²) in [5.41, 5.74) is 3.38. The van der Waals surface area contributed by atoms with Crippen LogP contribution in [0.1, 0.15) is 29.8 Å². The van der Waals surface area contributed by atoms with Crippen LogP contribution in [-0.2, 0) is 24.8 Å². The van der Waals surface area contributed by atoms with Gasteiger partial charge >= 0.3 is 5.97 Å². The molecule has 2 aromatic rings. The zero-order valence-electron chi connectivity index (χ0n) is 12.2. The third-order valence-corrected chi connectivity index (χ3v) is 4.35. The van der Waals surface area contributed by atoms with E-state index in [1.165, 1.54) is 5.56 Å². The molecule has 1 aliphatic heterocycles. The fraction of sp³-hybridized carbons (Fsp3) is 0.375. The van der Waals surface area contributed by atoms with Gasteiger partial charge in [-0.25, -0.2) is 0 Å². The van der Waals surface area contributed by atoms with Gasteiger partial charge < -0.3 is 5.11 Å². The quantitative estimate of drug-likeness (QED) is 0.937. The predicted octanol–water partition coefficient (Wildman–Crippen LogP) is 1.99. The molecule has 0 aliphatic carbocycles. The van der Waals surface area contributed by atoms with Gasteiger partial charge in [0.2, 0.25) is 0 Å². The Morgan fingerprint density at radius 3 is 2.67 bits per heavy atom. The molecule has 0 amide bonds. The van der Waals surface area contributed by atoms with Gasteiger partial charge in [0.1, 0.15) is 6.04 Å². The maximum absolute atomic E-state index is 11.7. The van der Waals surface area contributed by atoms with Crippen molar-refractivity contribution in [1.29, 1.82) is 0 Å². The van der Waals surface area contributed by atoms with Crippen molar-refractivity contribution in [3.8, 4) is 0 Å². The first-order chi connectivity index (χ1) is 10.1. The Labute approximate surface area is 123 Å². The zero-order chi connectivity index (χ0) is 15.0. The van der Waals surface area contributed by atoms with Crippen molar-refractivity contribution in [3.63, 3.8) is 0 Å². The van der Waals surface area contributed by atoms with Crippen LogP contribution in [0.25, 0.3) is 0 Å². The summed E-state index contributed by atoms with van der Waals surface area (Å²) >= 11 is 0. The second kappa shape index (κ2) is 5.33. The number of carboxylic acid groups (broad SMARTS) is 1. The molecule has 0 radical (unpaired) electrons. The second-order valence-electron chi connectivity index (χ2n) is 5.55. The van der Waals surface area contributed by atoms with E-state index in [1.807, 2.05) is 47.8 Å². The van der Waals surface area contributed by atoms with E-state index in [2.05, 4.69) is 11.2 Å². The van der Waals surface area contributed by atoms with Gasteiger partial charge in [0.25, 0.3) is 0 Å². The van der Waals surface area contributed by atoms with Gasteiger partial charge in [-0.05, 0) is 30.5 Å². The van der Waals surface area contributed by atoms with Crippen molar-refractivity contribution < 1.29 is 9.90 Å². The maximum Gasteiger partial charge on any atom is 0.321 e. The average Bonchev–Trinajstić information content (AvgIpc) is 2.91. The number of rotatable bonds is 3. The van der Waals surface area contributed by atoms with Crippen molar-refractivity contribution in [3.05, 3.63) is 53.3 Å². The minimum absolute atomic E-state index is 0.00644. The van der Waals surface area contributed by atoms with Gasteiger partial charge in [-0.15, -0.1) is 0 Å². The van der Waals surface area contributed by atoms with Gasteiger partial charge in [0.15, 0.2) is 0 Å². The maximum atomic E-state index is 11.7. The topological polar surface area (TPSA) is 58.4 Å². The molecule has 3 rings (SSSR count). The lowest BCUT2D eigenvalue weighted by Crippen LogP contribution is -2.46. The first-order valence-corrected chi connectivity index (χ1v) is 7.11. The molecule has 0 fully saturated rings. The molecule has 2 atom stereocenters. The highest BCUT2D eigenvalue weighted by Gasteiger charge is 2.35. The standard InChI is InChI=1S/C16H19N3O2/c1-11(14-7-8-17-18(14)2)19-10-13-6-4-3-5-12(13)9-15(19)16(20)21/h3-8,11,15H,9-10H2,1-2H3,(H,20,21). The van der Waals surface area contributed by atoms with Crippen molar-refractivity contribution in [2.45, 2.75) is 32.0 Å². The molecule has 5 nitrogen and oxygen atoms in total. The molecule has 1 aromatic carbocycles. The van der Waals surface area contributed by atoms with Crippen molar-refractivity contribution >= 4 is 5.97 Å². The van der Waals surface area contributed by atoms with Crippen LogP contribution in [0.2, 0.25) is 0 Å². The molecular formula is C16H19N3O2. The summed E-state index contributed by atoms with van der Waals surface area (Å²) in [6, 6.07) is 9.54. The van der Waals surface area contributed by atoms with Crippen LogP contribution >= 0.6 is 0 Å². The van der Waals surface area contributed by atoms with E-state index in [0.29, 0.717) is 13.0 Å². The lowest BCUT2D eigenvalue weighted by atomic mass is 9.92. The van der Waals surface area contributed by atoms with Crippen LogP contribution in [-0.4, -0.2) is 31.8 Å². The highest BCUT2D eigenvalue weighted by atomic mass is 16.4. The smallest absolute Gasteiger partial charge is 0.321 e. The Morgan fingerprint density at radius 1 is 1.33 bits per heavy atom. The highest BCUT2D eigenvalue weighted by molar-refractivity contribution is 5.74. The Bertz CT molecular complexity index is 665. The lowest BCUT2D eigenvalue weighted by Gasteiger charge is -2.38. The van der Waals surface area contributed by atoms with Crippen molar-refractivity contribution in [2.24, 2.45) is 7.05 Å². The molecule has 5 heteroatoms. The molecule has 2 unspecified atom stereocenters. The van der Waals surface area contributed by atoms with Crippen LogP contribution in [0.15, 0.2) is 36.5 Å². The number of hydrogen-bond donors (Lipinski definition) is 1. The molecule has 110 valence electrons. The molecule has 2 heterocycles. The third kappa shape index (κ3) is 2.45. The van der Waals surface area contributed by atoms with E-state index < -0.39 is 12.0 Å². The van der Waals surface area contributed by atoms with Crippen molar-refractivity contribution in [2.75, 3.05) is 0 Å². The number of carbonyl (C=O) groups is 1. The fourth-order valence-corrected chi connectivity index (χ4v) is 3.14. The average molecular weight is 285 g/mol. The van der Waals surface area contributed by atoms with Crippen molar-refractivity contribution in [1.82, 2.24) is 14.7 Å². The van der Waals surface area contributed by atoms with E-state index in [1.54, 1.807) is 6.20 Å². The van der Waals surface area contributed by atoms with Crippen LogP contribution < -0.4 is 0 Å². The normalized spacial score (nSPS) is 20.0. The summed E-state index contributed by atoms with van der Waals surface area (Å²) in [6.07, 6.45) is 2.30. The van der Waals surface area contributed by atoms with Gasteiger partial charge in [-0.2, -0.15) is 5.10 Å². The van der Waals surface area contributed by atoms with E-state index in [-0.39, 0.29) is 6.04 Å². The van der Waals surface area contributed by atoms with Crippen LogP contribution in [0, 0.1) is 0 Å². The molecule has 0 spiro atoms. The highest BCUT2D eigenvalue weighted by Crippen LogP contribution is 2.31. The minimum atomic E-state index is -0.765. The first-order valence-electron chi connectivity index (χ1n) is 7.11. The van der Waals surface area contributed by atoms with Gasteiger partial charge in [0.05, 0.1) is 11.7 Å². The number of nitrogens with zero attached hydrogens (tertiary/aromatic N) is 3. The number of fused-ring (bicyclic) bond motifs is 1. The summed E-state index contributed by atoms with van der Waals surface area (Å²) < 4.78 is 1.81. The summed E-state index contributed by atoms with van der Waals surface area (Å²) in [4.78, 5) is 13.7. The number of hydrogen-bond acceptors (Lipinski definition) is 3. The third-order valence-electron chi connectivity index (χ3n) is 4.35. The molecule has 1 aromatic heterocycles. The number of aryl methyl sites for hydroxylation is 1. The molecule has 0 saturated carbocycles. The van der Waals surface area contributed by atoms with Crippen LogP contribution in [0.4, 0.5) is 0 Å². The van der Waals surface area contributed by atoms with Gasteiger partial charge in [-0.1, -0.05) is 24.3 Å². The minimum Gasteiger partial charge on any atom is -0.480 e. The summed E-state index contributed by atoms with van der Waals surface area (Å²) in [5.74, 6) is -0.765. The predicted molar refractivity (Wildman–Crippen MR) is 78.7 cm³/mol. The second-order valence-corrected chi connectivity index (χ2v) is 5.55. The Balaban J connectivity index is 1.96. The molecule has 1 N–H and O–H groups in total. The molecular weight excluding hydrogens is 266 g/mol. The number of carboxylic acids is 1. The Morgan fingerprint density at radius 2 is 2.05 bits per heavy atom. The number of aliphatic carboxylic acids is 1. The van der Waals surface area contributed by atoms with Gasteiger partial charge in [-0.3, -0.25) is 14.4 Å². The van der Waals surface area contributed by atoms with E-state index >= 15 is 0 Å². The zero-order valence-corrected chi connectivity index (χ0v) is 12.2. The fourth-order valence-electron chi connectivity index (χ4n) is 3.14. The van der Waals surface area contributed by atoms with Gasteiger partial charge in [0, 0.05) is 19.8 Å². The Hall–Kier alpha value is -2.14. The SMILES string of the molecule is CC(c1ccnn1C)N1Cc2ccccc2CC1C(=O)O. The molecule has 0 saturated heterocycles. The Kier molecular flexibility index (Phi) is 3.51. The lowest BCUT2D eigenvalue weighted by molar-refractivity contribution is -0.145. The number of aromatic nitrogens is 2. The van der Waals surface area contributed by atoms with Crippen LogP contribution in [0.3, 0.4) is 0 Å². The van der Waals surface area contributed by atoms with Crippen LogP contribution in [0.5, 0.6) is 0 Å². The number of benzene rings is 1. The summed E-state index contributed by atoms with van der Waals surface area (Å²) in [5, 5.41) is 13.8. The largest absolute Gasteiger partial charge is 0.480 e. The first kappa shape index (κ1) is 13.8. The van der Waals surface area contributed by atoms with E-state index in [4.69, 9.17) is 0 Å². The summed E-state index contributed by atoms with van der Waals surface area (Å²) in [7, 11) is 1.89. The molecule has 0 bridgehead atoms. The van der Waals surface area contributed by atoms with E-state index in [0.717, 1.165) is 11.3 Å². The monoisotopic (exact) mass is 285 g/mol. The molecule has 21 heavy (non-hydrogen) atoms.